The van der Waals surface area contributed by atoms with E-state index < -0.39 is 18.0 Å². The summed E-state index contributed by atoms with van der Waals surface area (Å²) in [5.74, 6) is 0.106. The molecule has 3 heterocycles. The van der Waals surface area contributed by atoms with Crippen LogP contribution in [0.3, 0.4) is 0 Å². The molecule has 42 heavy (non-hydrogen) atoms. The first-order valence-corrected chi connectivity index (χ1v) is 14.3. The number of carbonyl (C=O) groups excluding carboxylic acids is 1. The van der Waals surface area contributed by atoms with Crippen molar-refractivity contribution < 1.29 is 33.3 Å². The molecule has 216 valence electrons. The molecule has 0 saturated carbocycles. The molecule has 0 saturated heterocycles. The summed E-state index contributed by atoms with van der Waals surface area (Å²) in [6.45, 7) is 3.56. The van der Waals surface area contributed by atoms with Gasteiger partial charge in [-0.1, -0.05) is 39.4 Å². The average molecular weight is 654 g/mol. The zero-order chi connectivity index (χ0) is 30.1. The fraction of sp³-hybridized carbons (Fsp3) is 0.200. The summed E-state index contributed by atoms with van der Waals surface area (Å²) in [5.41, 5.74) is 1.56. The quantitative estimate of drug-likeness (QED) is 0.275. The average Bonchev–Trinajstić information content (AvgIpc) is 3.56. The Bertz CT molecular complexity index is 1930. The first kappa shape index (κ1) is 29.1. The van der Waals surface area contributed by atoms with Gasteiger partial charge in [-0.05, 0) is 55.8 Å². The molecule has 2 aromatic heterocycles. The monoisotopic (exact) mass is 652 g/mol. The summed E-state index contributed by atoms with van der Waals surface area (Å²) in [6, 6.07) is 12.3. The van der Waals surface area contributed by atoms with Crippen LogP contribution in [-0.2, 0) is 9.53 Å². The number of ether oxygens (including phenoxy) is 3. The van der Waals surface area contributed by atoms with Gasteiger partial charge in [-0.25, -0.2) is 14.6 Å². The number of aromatic nitrogens is 1. The summed E-state index contributed by atoms with van der Waals surface area (Å²) in [4.78, 5) is 43.5. The Morgan fingerprint density at radius 2 is 1.88 bits per heavy atom. The third-order valence-corrected chi connectivity index (χ3v) is 8.28. The lowest BCUT2D eigenvalue weighted by Gasteiger charge is -2.26. The second kappa shape index (κ2) is 11.8. The largest absolute Gasteiger partial charge is 0.493 e. The third kappa shape index (κ3) is 5.30. The maximum atomic E-state index is 13.9. The number of hydrogen-bond acceptors (Lipinski definition) is 9. The van der Waals surface area contributed by atoms with Gasteiger partial charge in [0.15, 0.2) is 16.3 Å². The van der Waals surface area contributed by atoms with Gasteiger partial charge in [0.1, 0.15) is 11.5 Å². The number of rotatable bonds is 8. The number of hydrogen-bond donors (Lipinski definition) is 1. The van der Waals surface area contributed by atoms with Gasteiger partial charge < -0.3 is 23.7 Å². The molecule has 0 aliphatic carbocycles. The summed E-state index contributed by atoms with van der Waals surface area (Å²) in [7, 11) is 3.02. The molecule has 0 amide bonds. The smallest absolute Gasteiger partial charge is 0.338 e. The molecule has 12 heteroatoms. The second-order valence-electron chi connectivity index (χ2n) is 9.12. The molecule has 2 aromatic carbocycles. The van der Waals surface area contributed by atoms with Crippen LogP contribution in [0.4, 0.5) is 0 Å². The zero-order valence-electron chi connectivity index (χ0n) is 23.0. The number of carboxylic acids is 1. The van der Waals surface area contributed by atoms with Gasteiger partial charge in [0, 0.05) is 16.1 Å². The lowest BCUT2D eigenvalue weighted by Crippen LogP contribution is -2.40. The van der Waals surface area contributed by atoms with Gasteiger partial charge in [0.25, 0.3) is 5.56 Å². The SMILES string of the molecule is CCOC(=O)C1=C(C)N=c2s/c(=C\c3ccc(-c4cccc(C(=O)O)c4)o3)c(=O)n2[C@H]1c1cc(OC)c(OC)cc1Br. The minimum absolute atomic E-state index is 0.132. The van der Waals surface area contributed by atoms with Crippen molar-refractivity contribution >= 4 is 45.3 Å². The Balaban J connectivity index is 1.67. The van der Waals surface area contributed by atoms with Crippen LogP contribution in [0.15, 0.2) is 78.5 Å². The van der Waals surface area contributed by atoms with Crippen LogP contribution in [0.25, 0.3) is 17.4 Å². The van der Waals surface area contributed by atoms with Crippen LogP contribution in [0, 0.1) is 0 Å². The number of fused-ring (bicyclic) bond motifs is 1. The zero-order valence-corrected chi connectivity index (χ0v) is 25.4. The van der Waals surface area contributed by atoms with Crippen molar-refractivity contribution in [2.24, 2.45) is 4.99 Å². The van der Waals surface area contributed by atoms with E-state index in [4.69, 9.17) is 18.6 Å². The van der Waals surface area contributed by atoms with Crippen molar-refractivity contribution in [2.45, 2.75) is 19.9 Å². The van der Waals surface area contributed by atoms with E-state index in [1.807, 2.05) is 0 Å². The van der Waals surface area contributed by atoms with E-state index in [9.17, 15) is 19.5 Å². The Labute approximate surface area is 251 Å². The topological polar surface area (TPSA) is 130 Å². The maximum Gasteiger partial charge on any atom is 0.338 e. The van der Waals surface area contributed by atoms with Gasteiger partial charge in [0.2, 0.25) is 0 Å². The number of allylic oxidation sites excluding steroid dienone is 1. The van der Waals surface area contributed by atoms with Crippen molar-refractivity contribution in [2.75, 3.05) is 20.8 Å². The van der Waals surface area contributed by atoms with Gasteiger partial charge in [-0.2, -0.15) is 0 Å². The summed E-state index contributed by atoms with van der Waals surface area (Å²) in [6.07, 6.45) is 1.60. The van der Waals surface area contributed by atoms with Gasteiger partial charge >= 0.3 is 11.9 Å². The number of carboxylic acid groups (broad SMARTS) is 1. The molecule has 1 aliphatic rings. The molecule has 1 N–H and O–H groups in total. The van der Waals surface area contributed by atoms with Crippen molar-refractivity contribution in [3.05, 3.63) is 101 Å². The molecule has 10 nitrogen and oxygen atoms in total. The van der Waals surface area contributed by atoms with Crippen LogP contribution in [-0.4, -0.2) is 42.4 Å². The van der Waals surface area contributed by atoms with Crippen LogP contribution in [0.2, 0.25) is 0 Å². The van der Waals surface area contributed by atoms with E-state index >= 15 is 0 Å². The molecule has 5 rings (SSSR count). The molecule has 0 fully saturated rings. The third-order valence-electron chi connectivity index (χ3n) is 6.61. The number of methoxy groups -OCH3 is 2. The second-order valence-corrected chi connectivity index (χ2v) is 11.0. The predicted octanol–water partition coefficient (Wildman–Crippen LogP) is 4.54. The molecule has 1 atom stereocenters. The Morgan fingerprint density at radius 1 is 1.14 bits per heavy atom. The highest BCUT2D eigenvalue weighted by Crippen LogP contribution is 2.40. The minimum atomic E-state index is -1.04. The number of benzene rings is 2. The number of carbonyl (C=O) groups is 2. The first-order chi connectivity index (χ1) is 20.2. The number of halogens is 1. The first-order valence-electron chi connectivity index (χ1n) is 12.7. The Hall–Kier alpha value is -4.42. The van der Waals surface area contributed by atoms with Crippen LogP contribution >= 0.6 is 27.3 Å². The number of furan rings is 1. The standard InChI is InChI=1S/C30H25BrN2O8S/c1-5-40-29(37)25-15(2)32-30-33(26(25)19-13-22(38-3)23(39-4)14-20(19)31)27(34)24(42-30)12-18-9-10-21(41-18)16-7-6-8-17(11-16)28(35)36/h6-14,26H,5H2,1-4H3,(H,35,36)/b24-12-/t26-/m0/s1. The number of aromatic carboxylic acids is 1. The molecule has 0 spiro atoms. The number of nitrogens with zero attached hydrogens (tertiary/aromatic N) is 2. The van der Waals surface area contributed by atoms with Gasteiger partial charge in [0.05, 0.1) is 48.2 Å². The highest BCUT2D eigenvalue weighted by Gasteiger charge is 2.35. The fourth-order valence-electron chi connectivity index (χ4n) is 4.69. The highest BCUT2D eigenvalue weighted by atomic mass is 79.9. The van der Waals surface area contributed by atoms with Crippen LogP contribution in [0.5, 0.6) is 11.5 Å². The maximum absolute atomic E-state index is 13.9. The fourth-order valence-corrected chi connectivity index (χ4v) is 6.25. The minimum Gasteiger partial charge on any atom is -0.493 e. The van der Waals surface area contributed by atoms with E-state index in [1.54, 1.807) is 56.3 Å². The van der Waals surface area contributed by atoms with E-state index in [1.165, 1.54) is 30.9 Å². The van der Waals surface area contributed by atoms with E-state index in [2.05, 4.69) is 20.9 Å². The van der Waals surface area contributed by atoms with E-state index in [-0.39, 0.29) is 23.3 Å². The Kier molecular flexibility index (Phi) is 8.19. The lowest BCUT2D eigenvalue weighted by molar-refractivity contribution is -0.139. The molecule has 0 radical (unpaired) electrons. The van der Waals surface area contributed by atoms with Crippen molar-refractivity contribution in [3.8, 4) is 22.8 Å². The van der Waals surface area contributed by atoms with Gasteiger partial charge in [-0.15, -0.1) is 0 Å². The molecular formula is C30H25BrN2O8S. The molecule has 0 bridgehead atoms. The predicted molar refractivity (Wildman–Crippen MR) is 159 cm³/mol. The molecular weight excluding hydrogens is 628 g/mol. The summed E-state index contributed by atoms with van der Waals surface area (Å²) >= 11 is 4.74. The number of thiazole rings is 1. The van der Waals surface area contributed by atoms with Crippen molar-refractivity contribution in [1.29, 1.82) is 0 Å². The van der Waals surface area contributed by atoms with Crippen molar-refractivity contribution in [3.63, 3.8) is 0 Å². The molecule has 4 aromatic rings. The highest BCUT2D eigenvalue weighted by molar-refractivity contribution is 9.10. The van der Waals surface area contributed by atoms with Gasteiger partial charge in [-0.3, -0.25) is 9.36 Å². The molecule has 1 aliphatic heterocycles. The van der Waals surface area contributed by atoms with Crippen molar-refractivity contribution in [1.82, 2.24) is 4.57 Å². The van der Waals surface area contributed by atoms with E-state index in [0.717, 1.165) is 11.3 Å². The summed E-state index contributed by atoms with van der Waals surface area (Å²) in [5, 5.41) is 9.31. The van der Waals surface area contributed by atoms with Crippen LogP contribution in [0.1, 0.15) is 41.6 Å². The van der Waals surface area contributed by atoms with E-state index in [0.29, 0.717) is 53.6 Å². The molecule has 0 unspecified atom stereocenters. The summed E-state index contributed by atoms with van der Waals surface area (Å²) < 4.78 is 24.6. The lowest BCUT2D eigenvalue weighted by atomic mass is 9.95. The van der Waals surface area contributed by atoms with Crippen LogP contribution < -0.4 is 24.4 Å². The normalized spacial score (nSPS) is 14.8. The number of esters is 1. The Morgan fingerprint density at radius 3 is 2.57 bits per heavy atom.